The fraction of sp³-hybridized carbons (Fsp3) is 0.200. The Hall–Kier alpha value is -5.92. The van der Waals surface area contributed by atoms with Crippen LogP contribution in [0.25, 0.3) is 60.9 Å². The number of rotatable bonds is 0. The summed E-state index contributed by atoms with van der Waals surface area (Å²) in [5, 5.41) is 2.45. The molecule has 1 heterocycles. The Kier molecular flexibility index (Phi) is 6.17. The Morgan fingerprint density at radius 2 is 1.23 bits per heavy atom. The van der Waals surface area contributed by atoms with Gasteiger partial charge in [0.25, 0.3) is 0 Å². The average Bonchev–Trinajstić information content (AvgIpc) is 3.67. The van der Waals surface area contributed by atoms with E-state index in [9.17, 15) is 0 Å². The van der Waals surface area contributed by atoms with E-state index in [1.165, 1.54) is 105 Å². The van der Waals surface area contributed by atoms with E-state index in [1.807, 2.05) is 0 Å². The summed E-state index contributed by atoms with van der Waals surface area (Å²) in [6, 6.07) is 49.8. The first-order valence-corrected chi connectivity index (χ1v) is 20.4. The maximum absolute atomic E-state index is 7.05. The highest BCUT2D eigenvalue weighted by Crippen LogP contribution is 2.65. The Labute approximate surface area is 330 Å². The minimum absolute atomic E-state index is 0.00639. The number of ether oxygens (including phenoxy) is 1. The van der Waals surface area contributed by atoms with Gasteiger partial charge in [0.2, 0.25) is 0 Å². The lowest BCUT2D eigenvalue weighted by molar-refractivity contribution is 0.360. The zero-order valence-corrected chi connectivity index (χ0v) is 33.0. The van der Waals surface area contributed by atoms with Crippen molar-refractivity contribution in [1.29, 1.82) is 0 Å². The highest BCUT2D eigenvalue weighted by Gasteiger charge is 2.52. The molecule has 1 heteroatoms. The van der Waals surface area contributed by atoms with Crippen molar-refractivity contribution in [3.63, 3.8) is 0 Å². The SMILES string of the molecule is CC1CC=CC2=C1Oc1cc3c(c4cccc2c14)-c1ccc2c(c1)C1(c4ccccc4-2)c2cc(C(C)(C)C)ccc2-c2ccc(cc21)C(C)(C)c1ccccc1-3. The molecule has 0 amide bonds. The summed E-state index contributed by atoms with van der Waals surface area (Å²) in [4.78, 5) is 0. The largest absolute Gasteiger partial charge is 0.460 e. The Balaban J connectivity index is 1.28. The molecule has 1 aliphatic heterocycles. The van der Waals surface area contributed by atoms with Crippen LogP contribution in [0.2, 0.25) is 0 Å². The Morgan fingerprint density at radius 3 is 2.02 bits per heavy atom. The van der Waals surface area contributed by atoms with Crippen molar-refractivity contribution in [1.82, 2.24) is 0 Å². The van der Waals surface area contributed by atoms with Gasteiger partial charge in [-0.25, -0.2) is 0 Å². The maximum Gasteiger partial charge on any atom is 0.136 e. The minimum Gasteiger partial charge on any atom is -0.460 e. The third kappa shape index (κ3) is 3.91. The molecule has 4 aliphatic carbocycles. The molecule has 12 rings (SSSR count). The van der Waals surface area contributed by atoms with E-state index in [2.05, 4.69) is 181 Å². The van der Waals surface area contributed by atoms with Gasteiger partial charge in [0.1, 0.15) is 11.5 Å². The quantitative estimate of drug-likeness (QED) is 0.152. The number of allylic oxidation sites excluding steroid dienone is 4. The normalized spacial score (nSPS) is 19.9. The second kappa shape index (κ2) is 10.7. The molecule has 0 saturated carbocycles. The van der Waals surface area contributed by atoms with Crippen molar-refractivity contribution < 1.29 is 4.74 Å². The first kappa shape index (κ1) is 32.3. The molecule has 4 bridgehead atoms. The fourth-order valence-corrected chi connectivity index (χ4v) is 11.2. The van der Waals surface area contributed by atoms with Crippen LogP contribution in [0.5, 0.6) is 5.75 Å². The van der Waals surface area contributed by atoms with Crippen LogP contribution in [-0.2, 0) is 16.2 Å². The zero-order chi connectivity index (χ0) is 37.9. The molecule has 56 heavy (non-hydrogen) atoms. The second-order valence-corrected chi connectivity index (χ2v) is 18.4. The standard InChI is InChI=1S/C55H44O/c1-31-13-11-17-41-40-16-12-18-42-50-32-21-24-37-35-14-8-10-20-45(35)55(46(37)27-32)47-28-33(53(2,3)4)22-25-38(47)39-26-23-34(29-48(39)55)54(5,6)44-19-9-7-15-36(44)43(50)30-49(51(40)42)56-52(31)41/h7-12,14-31H,13H2,1-6H3. The molecule has 0 N–H and O–H groups in total. The van der Waals surface area contributed by atoms with E-state index < -0.39 is 5.41 Å². The molecular formula is C55H44O. The maximum atomic E-state index is 7.05. The smallest absolute Gasteiger partial charge is 0.136 e. The highest BCUT2D eigenvalue weighted by atomic mass is 16.5. The number of hydrogen-bond acceptors (Lipinski definition) is 1. The van der Waals surface area contributed by atoms with Crippen LogP contribution in [0.3, 0.4) is 0 Å². The summed E-state index contributed by atoms with van der Waals surface area (Å²) in [5.74, 6) is 2.38. The summed E-state index contributed by atoms with van der Waals surface area (Å²) in [6.07, 6.45) is 5.59. The third-order valence-electron chi connectivity index (χ3n) is 14.1. The van der Waals surface area contributed by atoms with E-state index >= 15 is 0 Å². The Bertz CT molecular complexity index is 3000. The van der Waals surface area contributed by atoms with E-state index in [4.69, 9.17) is 4.74 Å². The molecule has 2 atom stereocenters. The minimum atomic E-state index is -0.461. The van der Waals surface area contributed by atoms with Crippen molar-refractivity contribution >= 4 is 16.3 Å². The molecule has 7 aromatic carbocycles. The van der Waals surface area contributed by atoms with Gasteiger partial charge >= 0.3 is 0 Å². The molecular weight excluding hydrogens is 677 g/mol. The third-order valence-corrected chi connectivity index (χ3v) is 14.1. The Morgan fingerprint density at radius 1 is 0.589 bits per heavy atom. The lowest BCUT2D eigenvalue weighted by Gasteiger charge is -2.35. The molecule has 5 aliphatic rings. The average molecular weight is 721 g/mol. The molecule has 0 saturated heterocycles. The summed E-state index contributed by atoms with van der Waals surface area (Å²) in [5.41, 5.74) is 21.7. The lowest BCUT2D eigenvalue weighted by Crippen LogP contribution is -2.28. The zero-order valence-electron chi connectivity index (χ0n) is 33.0. The van der Waals surface area contributed by atoms with Crippen LogP contribution >= 0.6 is 0 Å². The van der Waals surface area contributed by atoms with E-state index in [0.29, 0.717) is 5.92 Å². The number of fused-ring (bicyclic) bond motifs is 12. The lowest BCUT2D eigenvalue weighted by atomic mass is 9.67. The second-order valence-electron chi connectivity index (χ2n) is 18.4. The van der Waals surface area contributed by atoms with E-state index in [-0.39, 0.29) is 10.8 Å². The fourth-order valence-electron chi connectivity index (χ4n) is 11.2. The van der Waals surface area contributed by atoms with Gasteiger partial charge in [0, 0.05) is 22.3 Å². The molecule has 1 nitrogen and oxygen atoms in total. The van der Waals surface area contributed by atoms with Gasteiger partial charge in [-0.1, -0.05) is 169 Å². The molecule has 0 radical (unpaired) electrons. The molecule has 7 aromatic rings. The molecule has 2 unspecified atom stereocenters. The van der Waals surface area contributed by atoms with Crippen molar-refractivity contribution in [3.8, 4) is 50.3 Å². The number of benzene rings is 7. The van der Waals surface area contributed by atoms with Gasteiger partial charge in [-0.15, -0.1) is 0 Å². The predicted octanol–water partition coefficient (Wildman–Crippen LogP) is 14.2. The van der Waals surface area contributed by atoms with Crippen molar-refractivity contribution in [2.45, 2.75) is 64.2 Å². The molecule has 0 fully saturated rings. The van der Waals surface area contributed by atoms with Crippen molar-refractivity contribution in [2.75, 3.05) is 0 Å². The van der Waals surface area contributed by atoms with Gasteiger partial charge in [0.15, 0.2) is 0 Å². The summed E-state index contributed by atoms with van der Waals surface area (Å²) in [7, 11) is 0. The van der Waals surface area contributed by atoms with Crippen molar-refractivity contribution in [2.24, 2.45) is 5.92 Å². The monoisotopic (exact) mass is 720 g/mol. The molecule has 0 aromatic heterocycles. The van der Waals surface area contributed by atoms with Gasteiger partial charge in [-0.3, -0.25) is 0 Å². The van der Waals surface area contributed by atoms with E-state index in [1.54, 1.807) is 0 Å². The van der Waals surface area contributed by atoms with Crippen LogP contribution < -0.4 is 4.74 Å². The first-order chi connectivity index (χ1) is 27.1. The summed E-state index contributed by atoms with van der Waals surface area (Å²) in [6.45, 7) is 14.2. The van der Waals surface area contributed by atoms with Crippen LogP contribution in [0, 0.1) is 5.92 Å². The van der Waals surface area contributed by atoms with Gasteiger partial charge in [-0.05, 0) is 118 Å². The molecule has 270 valence electrons. The molecule has 1 spiro atoms. The van der Waals surface area contributed by atoms with Gasteiger partial charge in [-0.2, -0.15) is 0 Å². The van der Waals surface area contributed by atoms with Crippen LogP contribution in [-0.4, -0.2) is 0 Å². The van der Waals surface area contributed by atoms with Gasteiger partial charge in [0.05, 0.1) is 5.41 Å². The summed E-state index contributed by atoms with van der Waals surface area (Å²) < 4.78 is 7.05. The number of hydrogen-bond donors (Lipinski definition) is 0. The topological polar surface area (TPSA) is 9.23 Å². The van der Waals surface area contributed by atoms with Gasteiger partial charge < -0.3 is 4.74 Å². The summed E-state index contributed by atoms with van der Waals surface area (Å²) >= 11 is 0. The first-order valence-electron chi connectivity index (χ1n) is 20.4. The van der Waals surface area contributed by atoms with Crippen molar-refractivity contribution in [3.05, 3.63) is 190 Å². The van der Waals surface area contributed by atoms with Crippen LogP contribution in [0.4, 0.5) is 0 Å². The van der Waals surface area contributed by atoms with Crippen LogP contribution in [0.1, 0.15) is 92.5 Å². The highest BCUT2D eigenvalue weighted by molar-refractivity contribution is 6.13. The van der Waals surface area contributed by atoms with Crippen LogP contribution in [0.15, 0.2) is 145 Å². The van der Waals surface area contributed by atoms with E-state index in [0.717, 1.165) is 17.9 Å². The predicted molar refractivity (Wildman–Crippen MR) is 232 cm³/mol.